The van der Waals surface area contributed by atoms with E-state index in [2.05, 4.69) is 10.6 Å². The number of rotatable bonds is 5. The minimum Gasteiger partial charge on any atom is -0.452 e. The van der Waals surface area contributed by atoms with Crippen LogP contribution in [0.15, 0.2) is 6.07 Å². The van der Waals surface area contributed by atoms with Crippen molar-refractivity contribution in [1.29, 1.82) is 0 Å². The molecule has 2 N–H and O–H groups in total. The Hall–Kier alpha value is -2.31. The van der Waals surface area contributed by atoms with E-state index in [0.717, 1.165) is 37.1 Å². The minimum absolute atomic E-state index is 0.122. The zero-order chi connectivity index (χ0) is 18.6. The largest absolute Gasteiger partial charge is 0.452 e. The Bertz CT molecular complexity index is 658. The summed E-state index contributed by atoms with van der Waals surface area (Å²) in [5, 5.41) is 4.94. The standard InChI is InChI=1S/C18H27N3O4/c1-11(2)21-12(3)9-15(13(21)4)17(23)25-10-16(22)20-18(24)19-14-7-5-6-8-14/h9,11,14H,5-8,10H2,1-4H3,(H2,19,20,22,24). The van der Waals surface area contributed by atoms with Crippen molar-refractivity contribution in [3.05, 3.63) is 23.0 Å². The highest BCUT2D eigenvalue weighted by Gasteiger charge is 2.21. The molecule has 0 aromatic carbocycles. The van der Waals surface area contributed by atoms with Gasteiger partial charge in [0.05, 0.1) is 5.56 Å². The third-order valence-electron chi connectivity index (χ3n) is 4.50. The molecule has 1 aromatic heterocycles. The molecule has 7 nitrogen and oxygen atoms in total. The predicted octanol–water partition coefficient (Wildman–Crippen LogP) is 2.61. The fourth-order valence-electron chi connectivity index (χ4n) is 3.44. The van der Waals surface area contributed by atoms with E-state index in [-0.39, 0.29) is 12.1 Å². The lowest BCUT2D eigenvalue weighted by atomic mass is 10.2. The van der Waals surface area contributed by atoms with Gasteiger partial charge in [-0.05, 0) is 46.6 Å². The number of imide groups is 1. The zero-order valence-corrected chi connectivity index (χ0v) is 15.3. The second-order valence-corrected chi connectivity index (χ2v) is 6.83. The molecule has 1 aromatic rings. The highest BCUT2D eigenvalue weighted by Crippen LogP contribution is 2.20. The maximum Gasteiger partial charge on any atom is 0.340 e. The van der Waals surface area contributed by atoms with Crippen molar-refractivity contribution < 1.29 is 19.1 Å². The molecule has 7 heteroatoms. The van der Waals surface area contributed by atoms with E-state index >= 15 is 0 Å². The summed E-state index contributed by atoms with van der Waals surface area (Å²) in [5.74, 6) is -1.20. The summed E-state index contributed by atoms with van der Waals surface area (Å²) in [6.07, 6.45) is 4.04. The summed E-state index contributed by atoms with van der Waals surface area (Å²) >= 11 is 0. The monoisotopic (exact) mass is 349 g/mol. The van der Waals surface area contributed by atoms with Crippen LogP contribution < -0.4 is 10.6 Å². The van der Waals surface area contributed by atoms with Gasteiger partial charge in [-0.3, -0.25) is 10.1 Å². The molecule has 0 unspecified atom stereocenters. The van der Waals surface area contributed by atoms with Crippen LogP contribution in [0.3, 0.4) is 0 Å². The van der Waals surface area contributed by atoms with Crippen molar-refractivity contribution >= 4 is 17.9 Å². The van der Waals surface area contributed by atoms with E-state index in [1.54, 1.807) is 6.07 Å². The summed E-state index contributed by atoms with van der Waals surface area (Å²) in [4.78, 5) is 35.7. The Labute approximate surface area is 148 Å². The summed E-state index contributed by atoms with van der Waals surface area (Å²) in [6.45, 7) is 7.35. The van der Waals surface area contributed by atoms with Crippen molar-refractivity contribution in [1.82, 2.24) is 15.2 Å². The van der Waals surface area contributed by atoms with Crippen LogP contribution in [0.2, 0.25) is 0 Å². The molecule has 1 aliphatic carbocycles. The topological polar surface area (TPSA) is 89.4 Å². The third-order valence-corrected chi connectivity index (χ3v) is 4.50. The van der Waals surface area contributed by atoms with Gasteiger partial charge < -0.3 is 14.6 Å². The van der Waals surface area contributed by atoms with Crippen LogP contribution >= 0.6 is 0 Å². The molecule has 3 amide bonds. The molecule has 0 bridgehead atoms. The number of urea groups is 1. The fourth-order valence-corrected chi connectivity index (χ4v) is 3.44. The Morgan fingerprint density at radius 3 is 2.44 bits per heavy atom. The van der Waals surface area contributed by atoms with Crippen molar-refractivity contribution in [3.8, 4) is 0 Å². The summed E-state index contributed by atoms with van der Waals surface area (Å²) < 4.78 is 7.08. The van der Waals surface area contributed by atoms with Gasteiger partial charge in [-0.1, -0.05) is 12.8 Å². The second kappa shape index (κ2) is 8.18. The van der Waals surface area contributed by atoms with Gasteiger partial charge in [0.15, 0.2) is 6.61 Å². The van der Waals surface area contributed by atoms with Crippen LogP contribution in [-0.4, -0.2) is 35.1 Å². The van der Waals surface area contributed by atoms with Gasteiger partial charge in [0.1, 0.15) is 0 Å². The highest BCUT2D eigenvalue weighted by molar-refractivity contribution is 5.97. The average Bonchev–Trinajstić information content (AvgIpc) is 3.12. The first-order valence-electron chi connectivity index (χ1n) is 8.75. The number of hydrogen-bond acceptors (Lipinski definition) is 4. The summed E-state index contributed by atoms with van der Waals surface area (Å²) in [7, 11) is 0. The van der Waals surface area contributed by atoms with Gasteiger partial charge in [-0.25, -0.2) is 9.59 Å². The quantitative estimate of drug-likeness (QED) is 0.800. The van der Waals surface area contributed by atoms with Crippen LogP contribution in [0.25, 0.3) is 0 Å². The van der Waals surface area contributed by atoms with Crippen LogP contribution in [0.4, 0.5) is 4.79 Å². The van der Waals surface area contributed by atoms with Gasteiger partial charge in [0.25, 0.3) is 5.91 Å². The molecule has 0 radical (unpaired) electrons. The molecule has 1 saturated carbocycles. The zero-order valence-electron chi connectivity index (χ0n) is 15.3. The van der Waals surface area contributed by atoms with Crippen molar-refractivity contribution in [2.24, 2.45) is 0 Å². The van der Waals surface area contributed by atoms with E-state index in [0.29, 0.717) is 5.56 Å². The number of aryl methyl sites for hydroxylation is 1. The second-order valence-electron chi connectivity index (χ2n) is 6.83. The molecule has 1 fully saturated rings. The van der Waals surface area contributed by atoms with E-state index in [1.165, 1.54) is 0 Å². The molecule has 1 aliphatic rings. The predicted molar refractivity (Wildman–Crippen MR) is 93.5 cm³/mol. The lowest BCUT2D eigenvalue weighted by Gasteiger charge is -2.13. The smallest absolute Gasteiger partial charge is 0.340 e. The van der Waals surface area contributed by atoms with Crippen molar-refractivity contribution in [2.75, 3.05) is 6.61 Å². The molecular weight excluding hydrogens is 322 g/mol. The first kappa shape index (κ1) is 19.0. The number of amides is 3. The molecular formula is C18H27N3O4. The number of aromatic nitrogens is 1. The normalized spacial score (nSPS) is 14.6. The maximum atomic E-state index is 12.2. The Kier molecular flexibility index (Phi) is 6.22. The van der Waals surface area contributed by atoms with Crippen LogP contribution in [0, 0.1) is 13.8 Å². The molecule has 0 spiro atoms. The van der Waals surface area contributed by atoms with Gasteiger partial charge in [0.2, 0.25) is 0 Å². The minimum atomic E-state index is -0.637. The van der Waals surface area contributed by atoms with Crippen molar-refractivity contribution in [3.63, 3.8) is 0 Å². The van der Waals surface area contributed by atoms with Crippen LogP contribution in [-0.2, 0) is 9.53 Å². The van der Waals surface area contributed by atoms with Crippen molar-refractivity contribution in [2.45, 2.75) is 65.5 Å². The number of esters is 1. The van der Waals surface area contributed by atoms with E-state index < -0.39 is 24.5 Å². The van der Waals surface area contributed by atoms with Crippen LogP contribution in [0.5, 0.6) is 0 Å². The number of ether oxygens (including phenoxy) is 1. The maximum absolute atomic E-state index is 12.2. The Morgan fingerprint density at radius 1 is 1.24 bits per heavy atom. The number of carbonyl (C=O) groups is 3. The molecule has 0 atom stereocenters. The van der Waals surface area contributed by atoms with E-state index in [1.807, 2.05) is 32.3 Å². The lowest BCUT2D eigenvalue weighted by molar-refractivity contribution is -0.123. The molecule has 1 heterocycles. The number of nitrogens with zero attached hydrogens (tertiary/aromatic N) is 1. The number of carbonyl (C=O) groups excluding carboxylic acids is 3. The van der Waals surface area contributed by atoms with Crippen LogP contribution in [0.1, 0.15) is 67.3 Å². The first-order valence-corrected chi connectivity index (χ1v) is 8.75. The van der Waals surface area contributed by atoms with Gasteiger partial charge >= 0.3 is 12.0 Å². The molecule has 2 rings (SSSR count). The molecule has 0 saturated heterocycles. The van der Waals surface area contributed by atoms with Gasteiger partial charge in [0, 0.05) is 23.5 Å². The van der Waals surface area contributed by atoms with E-state index in [9.17, 15) is 14.4 Å². The molecule has 0 aliphatic heterocycles. The Balaban J connectivity index is 1.84. The summed E-state index contributed by atoms with van der Waals surface area (Å²) in [6, 6.07) is 1.56. The van der Waals surface area contributed by atoms with E-state index in [4.69, 9.17) is 4.74 Å². The summed E-state index contributed by atoms with van der Waals surface area (Å²) in [5.41, 5.74) is 2.20. The highest BCUT2D eigenvalue weighted by atomic mass is 16.5. The number of hydrogen-bond donors (Lipinski definition) is 2. The molecule has 25 heavy (non-hydrogen) atoms. The number of nitrogens with one attached hydrogen (secondary N) is 2. The first-order chi connectivity index (χ1) is 11.8. The Morgan fingerprint density at radius 2 is 1.88 bits per heavy atom. The SMILES string of the molecule is Cc1cc(C(=O)OCC(=O)NC(=O)NC2CCCC2)c(C)n1C(C)C. The van der Waals surface area contributed by atoms with Gasteiger partial charge in [-0.2, -0.15) is 0 Å². The lowest BCUT2D eigenvalue weighted by Crippen LogP contribution is -2.45. The third kappa shape index (κ3) is 4.84. The fraction of sp³-hybridized carbons (Fsp3) is 0.611. The van der Waals surface area contributed by atoms with Gasteiger partial charge in [-0.15, -0.1) is 0 Å². The molecule has 138 valence electrons. The average molecular weight is 349 g/mol.